The van der Waals surface area contributed by atoms with Crippen LogP contribution in [0.3, 0.4) is 0 Å². The predicted molar refractivity (Wildman–Crippen MR) is 126 cm³/mol. The minimum atomic E-state index is -1.02. The molecule has 0 amide bonds. The van der Waals surface area contributed by atoms with Gasteiger partial charge in [-0.15, -0.1) is 0 Å². The van der Waals surface area contributed by atoms with Gasteiger partial charge in [0.15, 0.2) is 6.10 Å². The first-order valence-electron chi connectivity index (χ1n) is 10.8. The monoisotopic (exact) mass is 416 g/mol. The molecule has 1 unspecified atom stereocenters. The van der Waals surface area contributed by atoms with Crippen molar-refractivity contribution in [1.82, 2.24) is 0 Å². The molecule has 3 rings (SSSR count). The lowest BCUT2D eigenvalue weighted by Gasteiger charge is -2.38. The van der Waals surface area contributed by atoms with Crippen molar-refractivity contribution < 1.29 is 14.6 Å². The quantitative estimate of drug-likeness (QED) is 0.456. The summed E-state index contributed by atoms with van der Waals surface area (Å²) in [5.41, 5.74) is 4.39. The molecule has 3 heteroatoms. The number of carboxylic acids is 1. The molecule has 3 aromatic rings. The third-order valence-corrected chi connectivity index (χ3v) is 6.23. The van der Waals surface area contributed by atoms with Crippen LogP contribution < -0.4 is 0 Å². The Bertz CT molecular complexity index is 1020. The largest absolute Gasteiger partial charge is 0.479 e. The Morgan fingerprint density at radius 3 is 1.81 bits per heavy atom. The lowest BCUT2D eigenvalue weighted by Crippen LogP contribution is -2.31. The van der Waals surface area contributed by atoms with E-state index in [4.69, 9.17) is 4.74 Å². The second-order valence-electron chi connectivity index (χ2n) is 8.93. The Hall–Kier alpha value is -2.91. The second-order valence-corrected chi connectivity index (χ2v) is 8.93. The highest BCUT2D eigenvalue weighted by molar-refractivity contribution is 5.76. The molecule has 0 aliphatic carbocycles. The Morgan fingerprint density at radius 2 is 1.32 bits per heavy atom. The lowest BCUT2D eigenvalue weighted by atomic mass is 9.66. The molecule has 1 N–H and O–H groups in total. The molecule has 31 heavy (non-hydrogen) atoms. The molecule has 3 nitrogen and oxygen atoms in total. The molecule has 0 bridgehead atoms. The van der Waals surface area contributed by atoms with Crippen LogP contribution in [0.25, 0.3) is 0 Å². The number of carbonyl (C=O) groups is 1. The number of aliphatic carboxylic acids is 1. The Morgan fingerprint density at radius 1 is 0.806 bits per heavy atom. The summed E-state index contributed by atoms with van der Waals surface area (Å²) in [6.45, 7) is 10.9. The third kappa shape index (κ3) is 4.42. The summed E-state index contributed by atoms with van der Waals surface area (Å²) in [7, 11) is 0. The normalized spacial score (nSPS) is 13.1. The zero-order chi connectivity index (χ0) is 22.6. The number of hydrogen-bond acceptors (Lipinski definition) is 2. The molecule has 0 aliphatic rings. The highest BCUT2D eigenvalue weighted by Gasteiger charge is 2.37. The van der Waals surface area contributed by atoms with Crippen molar-refractivity contribution in [1.29, 1.82) is 0 Å². The summed E-state index contributed by atoms with van der Waals surface area (Å²) >= 11 is 0. The fourth-order valence-corrected chi connectivity index (χ4v) is 4.48. The van der Waals surface area contributed by atoms with E-state index in [0.29, 0.717) is 12.2 Å². The van der Waals surface area contributed by atoms with Gasteiger partial charge >= 0.3 is 5.97 Å². The summed E-state index contributed by atoms with van der Waals surface area (Å²) in [6.07, 6.45) is -1.02. The molecule has 1 atom stereocenters. The van der Waals surface area contributed by atoms with Crippen LogP contribution in [0, 0.1) is 0 Å². The van der Waals surface area contributed by atoms with Gasteiger partial charge in [-0.25, -0.2) is 4.79 Å². The average molecular weight is 417 g/mol. The molecular weight excluding hydrogens is 384 g/mol. The lowest BCUT2D eigenvalue weighted by molar-refractivity contribution is -0.150. The SMILES string of the molecule is CCOC(C(=O)O)c1cccc(C(C)(C)c2ccccc2)c1C(C)(C)c1ccccc1. The van der Waals surface area contributed by atoms with Gasteiger partial charge in [0.1, 0.15) is 0 Å². The fraction of sp³-hybridized carbons (Fsp3) is 0.321. The third-order valence-electron chi connectivity index (χ3n) is 6.23. The van der Waals surface area contributed by atoms with E-state index >= 15 is 0 Å². The minimum absolute atomic E-state index is 0.325. The number of hydrogen-bond donors (Lipinski definition) is 1. The molecular formula is C28H32O3. The number of carboxylic acid groups (broad SMARTS) is 1. The molecule has 0 radical (unpaired) electrons. The molecule has 0 fully saturated rings. The first kappa shape index (κ1) is 22.8. The molecule has 0 spiro atoms. The van der Waals surface area contributed by atoms with Gasteiger partial charge in [0.2, 0.25) is 0 Å². The highest BCUT2D eigenvalue weighted by atomic mass is 16.5. The summed E-state index contributed by atoms with van der Waals surface area (Å²) < 4.78 is 5.74. The zero-order valence-electron chi connectivity index (χ0n) is 19.1. The van der Waals surface area contributed by atoms with E-state index in [1.54, 1.807) is 0 Å². The van der Waals surface area contributed by atoms with Crippen LogP contribution in [0.2, 0.25) is 0 Å². The van der Waals surface area contributed by atoms with Crippen LogP contribution in [0.15, 0.2) is 78.9 Å². The number of benzene rings is 3. The van der Waals surface area contributed by atoms with Crippen molar-refractivity contribution in [3.8, 4) is 0 Å². The maximum atomic E-state index is 12.2. The van der Waals surface area contributed by atoms with Gasteiger partial charge in [-0.2, -0.15) is 0 Å². The number of rotatable bonds is 8. The number of ether oxygens (including phenoxy) is 1. The van der Waals surface area contributed by atoms with Gasteiger partial charge in [0.05, 0.1) is 0 Å². The Labute approximate surface area is 185 Å². The van der Waals surface area contributed by atoms with E-state index in [-0.39, 0.29) is 5.41 Å². The van der Waals surface area contributed by atoms with Gasteiger partial charge in [-0.1, -0.05) is 107 Å². The van der Waals surface area contributed by atoms with Gasteiger partial charge in [0.25, 0.3) is 0 Å². The molecule has 0 heterocycles. The average Bonchev–Trinajstić information content (AvgIpc) is 2.78. The topological polar surface area (TPSA) is 46.5 Å². The smallest absolute Gasteiger partial charge is 0.337 e. The first-order valence-corrected chi connectivity index (χ1v) is 10.8. The fourth-order valence-electron chi connectivity index (χ4n) is 4.48. The van der Waals surface area contributed by atoms with Crippen molar-refractivity contribution >= 4 is 5.97 Å². The van der Waals surface area contributed by atoms with Gasteiger partial charge in [-0.05, 0) is 34.7 Å². The van der Waals surface area contributed by atoms with Crippen molar-refractivity contribution in [3.63, 3.8) is 0 Å². The highest BCUT2D eigenvalue weighted by Crippen LogP contribution is 2.44. The van der Waals surface area contributed by atoms with Crippen LogP contribution in [-0.4, -0.2) is 17.7 Å². The van der Waals surface area contributed by atoms with Crippen LogP contribution >= 0.6 is 0 Å². The molecule has 0 aromatic heterocycles. The van der Waals surface area contributed by atoms with Crippen LogP contribution in [0.1, 0.15) is 68.5 Å². The second kappa shape index (κ2) is 9.07. The van der Waals surface area contributed by atoms with Crippen molar-refractivity contribution in [2.75, 3.05) is 6.61 Å². The summed E-state index contributed by atoms with van der Waals surface area (Å²) in [6, 6.07) is 26.6. The van der Waals surface area contributed by atoms with Crippen LogP contribution in [-0.2, 0) is 20.4 Å². The molecule has 162 valence electrons. The van der Waals surface area contributed by atoms with E-state index in [1.807, 2.05) is 55.5 Å². The van der Waals surface area contributed by atoms with Crippen molar-refractivity contribution in [3.05, 3.63) is 107 Å². The Kier molecular flexibility index (Phi) is 6.66. The van der Waals surface area contributed by atoms with E-state index in [9.17, 15) is 9.90 Å². The van der Waals surface area contributed by atoms with E-state index in [0.717, 1.165) is 16.7 Å². The van der Waals surface area contributed by atoms with Crippen molar-refractivity contribution in [2.45, 2.75) is 51.6 Å². The van der Waals surface area contributed by atoms with Gasteiger partial charge in [-0.3, -0.25) is 0 Å². The summed E-state index contributed by atoms with van der Waals surface area (Å²) in [5, 5.41) is 10.0. The minimum Gasteiger partial charge on any atom is -0.479 e. The zero-order valence-corrected chi connectivity index (χ0v) is 19.1. The summed E-state index contributed by atoms with van der Waals surface area (Å²) in [4.78, 5) is 12.2. The van der Waals surface area contributed by atoms with E-state index in [1.165, 1.54) is 5.56 Å². The maximum absolute atomic E-state index is 12.2. The first-order chi connectivity index (χ1) is 14.7. The van der Waals surface area contributed by atoms with E-state index < -0.39 is 17.5 Å². The standard InChI is InChI=1S/C28H32O3/c1-6-31-25(26(29)30)22-18-13-19-23(27(2,3)20-14-9-7-10-15-20)24(22)28(4,5)21-16-11-8-12-17-21/h7-19,25H,6H2,1-5H3,(H,29,30). The molecule has 0 aliphatic heterocycles. The maximum Gasteiger partial charge on any atom is 0.337 e. The van der Waals surface area contributed by atoms with Gasteiger partial charge < -0.3 is 9.84 Å². The van der Waals surface area contributed by atoms with Crippen LogP contribution in [0.5, 0.6) is 0 Å². The van der Waals surface area contributed by atoms with E-state index in [2.05, 4.69) is 58.0 Å². The molecule has 3 aromatic carbocycles. The molecule has 0 saturated heterocycles. The summed E-state index contributed by atoms with van der Waals surface area (Å²) in [5.74, 6) is -0.971. The van der Waals surface area contributed by atoms with Crippen molar-refractivity contribution in [2.24, 2.45) is 0 Å². The van der Waals surface area contributed by atoms with Crippen LogP contribution in [0.4, 0.5) is 0 Å². The predicted octanol–water partition coefficient (Wildman–Crippen LogP) is 6.50. The Balaban J connectivity index is 2.35. The van der Waals surface area contributed by atoms with Gasteiger partial charge in [0, 0.05) is 17.4 Å². The molecule has 0 saturated carbocycles.